The molecule has 0 unspecified atom stereocenters. The fourth-order valence-corrected chi connectivity index (χ4v) is 3.31. The minimum Gasteiger partial charge on any atom is -0.357 e. The number of nitrogens with zero attached hydrogens (tertiary/aromatic N) is 2. The first-order valence-electron chi connectivity index (χ1n) is 9.50. The smallest absolute Gasteiger partial charge is 0.191 e. The number of aryl methyl sites for hydroxylation is 1. The summed E-state index contributed by atoms with van der Waals surface area (Å²) >= 11 is 0. The van der Waals surface area contributed by atoms with Crippen molar-refractivity contribution in [2.45, 2.75) is 46.1 Å². The van der Waals surface area contributed by atoms with E-state index in [0.717, 1.165) is 37.9 Å². The first-order chi connectivity index (χ1) is 11.7. The predicted octanol–water partition coefficient (Wildman–Crippen LogP) is 3.04. The Morgan fingerprint density at radius 1 is 1.12 bits per heavy atom. The van der Waals surface area contributed by atoms with Crippen molar-refractivity contribution in [2.24, 2.45) is 10.9 Å². The van der Waals surface area contributed by atoms with E-state index < -0.39 is 0 Å². The molecule has 1 aliphatic heterocycles. The molecular formula is C20H34N4. The third-order valence-electron chi connectivity index (χ3n) is 4.93. The SMILES string of the molecule is CCNC(=NCc1ccccc1CC)NCCC1CCN(C)CC1. The molecule has 0 aliphatic carbocycles. The maximum absolute atomic E-state index is 4.77. The van der Waals surface area contributed by atoms with Gasteiger partial charge in [0.15, 0.2) is 5.96 Å². The molecule has 1 heterocycles. The molecule has 4 nitrogen and oxygen atoms in total. The zero-order chi connectivity index (χ0) is 17.2. The van der Waals surface area contributed by atoms with Gasteiger partial charge in [-0.25, -0.2) is 4.99 Å². The Labute approximate surface area is 147 Å². The van der Waals surface area contributed by atoms with Gasteiger partial charge in [0, 0.05) is 13.1 Å². The van der Waals surface area contributed by atoms with E-state index >= 15 is 0 Å². The molecule has 1 fully saturated rings. The minimum atomic E-state index is 0.744. The van der Waals surface area contributed by atoms with Gasteiger partial charge in [-0.3, -0.25) is 0 Å². The van der Waals surface area contributed by atoms with E-state index in [1.54, 1.807) is 0 Å². The molecule has 0 amide bonds. The molecule has 0 atom stereocenters. The molecule has 2 N–H and O–H groups in total. The van der Waals surface area contributed by atoms with Crippen LogP contribution >= 0.6 is 0 Å². The van der Waals surface area contributed by atoms with Crippen molar-refractivity contribution in [3.05, 3.63) is 35.4 Å². The first-order valence-corrected chi connectivity index (χ1v) is 9.50. The average Bonchev–Trinajstić information content (AvgIpc) is 2.61. The summed E-state index contributed by atoms with van der Waals surface area (Å²) in [5.41, 5.74) is 2.72. The van der Waals surface area contributed by atoms with Gasteiger partial charge in [0.05, 0.1) is 6.54 Å². The lowest BCUT2D eigenvalue weighted by Gasteiger charge is -2.29. The summed E-state index contributed by atoms with van der Waals surface area (Å²) in [7, 11) is 2.22. The van der Waals surface area contributed by atoms with Gasteiger partial charge in [0.25, 0.3) is 0 Å². The highest BCUT2D eigenvalue weighted by atomic mass is 15.2. The van der Waals surface area contributed by atoms with Gasteiger partial charge in [-0.05, 0) is 69.8 Å². The highest BCUT2D eigenvalue weighted by Gasteiger charge is 2.16. The average molecular weight is 331 g/mol. The zero-order valence-corrected chi connectivity index (χ0v) is 15.6. The van der Waals surface area contributed by atoms with Crippen LogP contribution in [0.5, 0.6) is 0 Å². The van der Waals surface area contributed by atoms with Gasteiger partial charge >= 0.3 is 0 Å². The van der Waals surface area contributed by atoms with Crippen molar-refractivity contribution >= 4 is 5.96 Å². The fourth-order valence-electron chi connectivity index (χ4n) is 3.31. The van der Waals surface area contributed by atoms with Gasteiger partial charge in [-0.15, -0.1) is 0 Å². The summed E-state index contributed by atoms with van der Waals surface area (Å²) in [6.07, 6.45) is 4.96. The van der Waals surface area contributed by atoms with Crippen molar-refractivity contribution in [1.29, 1.82) is 0 Å². The molecule has 0 saturated carbocycles. The van der Waals surface area contributed by atoms with Crippen molar-refractivity contribution in [1.82, 2.24) is 15.5 Å². The Bertz CT molecular complexity index is 504. The molecular weight excluding hydrogens is 296 g/mol. The highest BCUT2D eigenvalue weighted by molar-refractivity contribution is 5.79. The monoisotopic (exact) mass is 330 g/mol. The molecule has 1 saturated heterocycles. The van der Waals surface area contributed by atoms with E-state index in [2.05, 4.69) is 60.7 Å². The molecule has 1 aliphatic rings. The van der Waals surface area contributed by atoms with Crippen LogP contribution in [0.2, 0.25) is 0 Å². The van der Waals surface area contributed by atoms with Crippen LogP contribution in [0, 0.1) is 5.92 Å². The van der Waals surface area contributed by atoms with Crippen molar-refractivity contribution in [2.75, 3.05) is 33.2 Å². The normalized spacial score (nSPS) is 17.0. The summed E-state index contributed by atoms with van der Waals surface area (Å²) in [5.74, 6) is 1.80. The molecule has 0 radical (unpaired) electrons. The van der Waals surface area contributed by atoms with Crippen LogP contribution in [-0.4, -0.2) is 44.1 Å². The van der Waals surface area contributed by atoms with Crippen LogP contribution in [-0.2, 0) is 13.0 Å². The van der Waals surface area contributed by atoms with Crippen LogP contribution in [0.1, 0.15) is 44.2 Å². The molecule has 0 aromatic heterocycles. The van der Waals surface area contributed by atoms with Gasteiger partial charge in [-0.2, -0.15) is 0 Å². The van der Waals surface area contributed by atoms with E-state index in [1.165, 1.54) is 43.5 Å². The molecule has 24 heavy (non-hydrogen) atoms. The Kier molecular flexibility index (Phi) is 8.10. The molecule has 0 bridgehead atoms. The van der Waals surface area contributed by atoms with Crippen LogP contribution < -0.4 is 10.6 Å². The van der Waals surface area contributed by atoms with Gasteiger partial charge in [0.1, 0.15) is 0 Å². The number of likely N-dealkylation sites (tertiary alicyclic amines) is 1. The Morgan fingerprint density at radius 3 is 2.50 bits per heavy atom. The summed E-state index contributed by atoms with van der Waals surface area (Å²) in [6.45, 7) is 9.46. The largest absolute Gasteiger partial charge is 0.357 e. The number of aliphatic imine (C=N–C) groups is 1. The number of hydrogen-bond acceptors (Lipinski definition) is 2. The van der Waals surface area contributed by atoms with Crippen molar-refractivity contribution in [3.63, 3.8) is 0 Å². The maximum Gasteiger partial charge on any atom is 0.191 e. The topological polar surface area (TPSA) is 39.7 Å². The minimum absolute atomic E-state index is 0.744. The van der Waals surface area contributed by atoms with Crippen LogP contribution in [0.3, 0.4) is 0 Å². The fraction of sp³-hybridized carbons (Fsp3) is 0.650. The van der Waals surface area contributed by atoms with E-state index in [1.807, 2.05) is 0 Å². The quantitative estimate of drug-likeness (QED) is 0.596. The maximum atomic E-state index is 4.77. The van der Waals surface area contributed by atoms with Crippen molar-refractivity contribution in [3.8, 4) is 0 Å². The summed E-state index contributed by atoms with van der Waals surface area (Å²) in [6, 6.07) is 8.59. The first kappa shape index (κ1) is 18.8. The van der Waals surface area contributed by atoms with Crippen LogP contribution in [0.15, 0.2) is 29.3 Å². The second kappa shape index (κ2) is 10.3. The van der Waals surface area contributed by atoms with E-state index in [9.17, 15) is 0 Å². The number of benzene rings is 1. The lowest BCUT2D eigenvalue weighted by molar-refractivity contribution is 0.213. The van der Waals surface area contributed by atoms with E-state index in [4.69, 9.17) is 4.99 Å². The van der Waals surface area contributed by atoms with E-state index in [-0.39, 0.29) is 0 Å². The second-order valence-electron chi connectivity index (χ2n) is 6.78. The number of hydrogen-bond donors (Lipinski definition) is 2. The third kappa shape index (κ3) is 6.16. The predicted molar refractivity (Wildman–Crippen MR) is 103 cm³/mol. The molecule has 134 valence electrons. The van der Waals surface area contributed by atoms with Gasteiger partial charge in [0.2, 0.25) is 0 Å². The zero-order valence-electron chi connectivity index (χ0n) is 15.6. The summed E-state index contributed by atoms with van der Waals surface area (Å²) in [4.78, 5) is 7.20. The molecule has 4 heteroatoms. The lowest BCUT2D eigenvalue weighted by Crippen LogP contribution is -2.39. The standard InChI is InChI=1S/C20H34N4/c1-4-18-8-6-7-9-19(18)16-23-20(21-5-2)22-13-10-17-11-14-24(3)15-12-17/h6-9,17H,4-5,10-16H2,1-3H3,(H2,21,22,23). The van der Waals surface area contributed by atoms with Crippen molar-refractivity contribution < 1.29 is 0 Å². The number of piperidine rings is 1. The number of nitrogens with one attached hydrogen (secondary N) is 2. The Hall–Kier alpha value is -1.55. The lowest BCUT2D eigenvalue weighted by atomic mass is 9.94. The van der Waals surface area contributed by atoms with Gasteiger partial charge in [-0.1, -0.05) is 31.2 Å². The molecule has 2 rings (SSSR count). The third-order valence-corrected chi connectivity index (χ3v) is 4.93. The van der Waals surface area contributed by atoms with E-state index in [0.29, 0.717) is 0 Å². The summed E-state index contributed by atoms with van der Waals surface area (Å²) in [5, 5.41) is 6.88. The molecule has 1 aromatic rings. The molecule has 1 aromatic carbocycles. The van der Waals surface area contributed by atoms with Crippen LogP contribution in [0.4, 0.5) is 0 Å². The Balaban J connectivity index is 1.82. The Morgan fingerprint density at radius 2 is 1.83 bits per heavy atom. The number of rotatable bonds is 7. The van der Waals surface area contributed by atoms with Crippen LogP contribution in [0.25, 0.3) is 0 Å². The number of guanidine groups is 1. The second-order valence-corrected chi connectivity index (χ2v) is 6.78. The highest BCUT2D eigenvalue weighted by Crippen LogP contribution is 2.18. The molecule has 0 spiro atoms. The summed E-state index contributed by atoms with van der Waals surface area (Å²) < 4.78 is 0. The van der Waals surface area contributed by atoms with Gasteiger partial charge < -0.3 is 15.5 Å².